The number of rotatable bonds is 4. The lowest BCUT2D eigenvalue weighted by molar-refractivity contribution is 0.445. The fraction of sp³-hybridized carbons (Fsp3) is 0.385. The van der Waals surface area contributed by atoms with Crippen LogP contribution in [0.3, 0.4) is 0 Å². The number of aryl methyl sites for hydroxylation is 2. The number of thiophene rings is 1. The number of halogens is 1. The summed E-state index contributed by atoms with van der Waals surface area (Å²) in [7, 11) is 0. The van der Waals surface area contributed by atoms with E-state index in [4.69, 9.17) is 4.42 Å². The molecule has 17 heavy (non-hydrogen) atoms. The quantitative estimate of drug-likeness (QED) is 0.816. The Morgan fingerprint density at radius 1 is 1.41 bits per heavy atom. The van der Waals surface area contributed by atoms with Gasteiger partial charge in [0.15, 0.2) is 3.77 Å². The molecule has 0 saturated carbocycles. The van der Waals surface area contributed by atoms with Crippen LogP contribution in [0.2, 0.25) is 0 Å². The van der Waals surface area contributed by atoms with Gasteiger partial charge in [-0.25, -0.2) is 0 Å². The zero-order chi connectivity index (χ0) is 12.4. The Bertz CT molecular complexity index is 503. The maximum absolute atomic E-state index is 5.53. The average Bonchev–Trinajstić information content (AvgIpc) is 2.81. The Hall–Kier alpha value is -0.330. The summed E-state index contributed by atoms with van der Waals surface area (Å²) in [4.78, 5) is 2.77. The molecule has 0 bridgehead atoms. The van der Waals surface area contributed by atoms with Crippen LogP contribution < -0.4 is 5.32 Å². The van der Waals surface area contributed by atoms with Crippen molar-refractivity contribution in [2.75, 3.05) is 0 Å². The topological polar surface area (TPSA) is 25.2 Å². The summed E-state index contributed by atoms with van der Waals surface area (Å²) >= 11 is 4.04. The Balaban J connectivity index is 1.97. The molecule has 0 aromatic carbocycles. The molecule has 2 nitrogen and oxygen atoms in total. The molecule has 2 heterocycles. The molecular formula is C13H16INOS. The van der Waals surface area contributed by atoms with Crippen molar-refractivity contribution in [2.45, 2.75) is 33.4 Å². The van der Waals surface area contributed by atoms with E-state index in [9.17, 15) is 0 Å². The second-order valence-corrected chi connectivity index (χ2v) is 6.70. The molecule has 0 saturated heterocycles. The van der Waals surface area contributed by atoms with Crippen LogP contribution in [0.5, 0.6) is 0 Å². The lowest BCUT2D eigenvalue weighted by Gasteiger charge is -2.12. The first-order valence-electron chi connectivity index (χ1n) is 5.61. The summed E-state index contributed by atoms with van der Waals surface area (Å²) in [6.07, 6.45) is 0. The van der Waals surface area contributed by atoms with Gasteiger partial charge < -0.3 is 9.73 Å². The van der Waals surface area contributed by atoms with Crippen molar-refractivity contribution in [1.29, 1.82) is 0 Å². The second kappa shape index (κ2) is 5.54. The van der Waals surface area contributed by atoms with Crippen LogP contribution in [0.4, 0.5) is 0 Å². The predicted octanol–water partition coefficient (Wildman–Crippen LogP) is 4.41. The molecule has 0 aliphatic heterocycles. The van der Waals surface area contributed by atoms with Gasteiger partial charge in [0.2, 0.25) is 0 Å². The fourth-order valence-electron chi connectivity index (χ4n) is 1.89. The Labute approximate surface area is 120 Å². The summed E-state index contributed by atoms with van der Waals surface area (Å²) in [5, 5.41) is 3.49. The smallest absolute Gasteiger partial charge is 0.164 e. The third kappa shape index (κ3) is 3.33. The maximum Gasteiger partial charge on any atom is 0.164 e. The van der Waals surface area contributed by atoms with Crippen molar-refractivity contribution in [3.63, 3.8) is 0 Å². The highest BCUT2D eigenvalue weighted by molar-refractivity contribution is 14.1. The number of hydrogen-bond acceptors (Lipinski definition) is 3. The van der Waals surface area contributed by atoms with Crippen LogP contribution in [-0.4, -0.2) is 0 Å². The predicted molar refractivity (Wildman–Crippen MR) is 80.5 cm³/mol. The van der Waals surface area contributed by atoms with Crippen molar-refractivity contribution >= 4 is 33.9 Å². The summed E-state index contributed by atoms with van der Waals surface area (Å²) < 4.78 is 6.47. The van der Waals surface area contributed by atoms with E-state index in [0.29, 0.717) is 6.04 Å². The third-order valence-electron chi connectivity index (χ3n) is 2.76. The molecule has 2 aromatic rings. The minimum Gasteiger partial charge on any atom is -0.454 e. The maximum atomic E-state index is 5.53. The SMILES string of the molecule is Cc1cc(C(C)NCc2ccc(I)o2)c(C)s1. The molecule has 0 spiro atoms. The molecule has 1 N–H and O–H groups in total. The summed E-state index contributed by atoms with van der Waals surface area (Å²) in [6.45, 7) is 7.31. The molecule has 1 unspecified atom stereocenters. The Morgan fingerprint density at radius 3 is 2.71 bits per heavy atom. The summed E-state index contributed by atoms with van der Waals surface area (Å²) in [5.74, 6) is 0.992. The van der Waals surface area contributed by atoms with Crippen molar-refractivity contribution < 1.29 is 4.42 Å². The van der Waals surface area contributed by atoms with Gasteiger partial charge in [-0.2, -0.15) is 0 Å². The summed E-state index contributed by atoms with van der Waals surface area (Å²) in [5.41, 5.74) is 1.40. The lowest BCUT2D eigenvalue weighted by atomic mass is 10.1. The minimum absolute atomic E-state index is 0.364. The van der Waals surface area contributed by atoms with E-state index < -0.39 is 0 Å². The van der Waals surface area contributed by atoms with Gasteiger partial charge in [0, 0.05) is 15.8 Å². The number of hydrogen-bond donors (Lipinski definition) is 1. The van der Waals surface area contributed by atoms with Crippen molar-refractivity contribution in [3.8, 4) is 0 Å². The Kier molecular flexibility index (Phi) is 4.27. The van der Waals surface area contributed by atoms with Gasteiger partial charge in [0.25, 0.3) is 0 Å². The van der Waals surface area contributed by atoms with Crippen LogP contribution in [0, 0.1) is 17.6 Å². The van der Waals surface area contributed by atoms with Crippen LogP contribution in [0.15, 0.2) is 22.6 Å². The standard InChI is InChI=1S/C13H16INOS/c1-8-6-12(10(3)17-8)9(2)15-7-11-4-5-13(14)16-11/h4-6,9,15H,7H2,1-3H3. The molecule has 2 aromatic heterocycles. The van der Waals surface area contributed by atoms with Crippen molar-refractivity contribution in [1.82, 2.24) is 5.32 Å². The van der Waals surface area contributed by atoms with E-state index in [1.165, 1.54) is 15.3 Å². The van der Waals surface area contributed by atoms with Gasteiger partial charge in [-0.15, -0.1) is 11.3 Å². The van der Waals surface area contributed by atoms with Gasteiger partial charge >= 0.3 is 0 Å². The highest BCUT2D eigenvalue weighted by atomic mass is 127. The molecule has 0 aliphatic carbocycles. The largest absolute Gasteiger partial charge is 0.454 e. The normalized spacial score (nSPS) is 12.9. The molecule has 0 aliphatic rings. The van der Waals surface area contributed by atoms with Gasteiger partial charge in [0.1, 0.15) is 5.76 Å². The van der Waals surface area contributed by atoms with Crippen molar-refractivity contribution in [3.05, 3.63) is 43.0 Å². The van der Waals surface area contributed by atoms with E-state index in [2.05, 4.69) is 54.7 Å². The fourth-order valence-corrected chi connectivity index (χ4v) is 3.38. The first-order valence-corrected chi connectivity index (χ1v) is 7.50. The van der Waals surface area contributed by atoms with Gasteiger partial charge in [0.05, 0.1) is 6.54 Å². The first-order chi connectivity index (χ1) is 8.06. The molecule has 92 valence electrons. The van der Waals surface area contributed by atoms with E-state index >= 15 is 0 Å². The van der Waals surface area contributed by atoms with Gasteiger partial charge in [-0.1, -0.05) is 0 Å². The van der Waals surface area contributed by atoms with Crippen molar-refractivity contribution in [2.24, 2.45) is 0 Å². The van der Waals surface area contributed by atoms with Crippen LogP contribution in [0.1, 0.15) is 34.0 Å². The molecule has 1 atom stereocenters. The minimum atomic E-state index is 0.364. The molecule has 0 radical (unpaired) electrons. The highest BCUT2D eigenvalue weighted by Gasteiger charge is 2.11. The van der Waals surface area contributed by atoms with E-state index in [1.54, 1.807) is 0 Å². The van der Waals surface area contributed by atoms with E-state index in [0.717, 1.165) is 16.1 Å². The zero-order valence-electron chi connectivity index (χ0n) is 10.2. The number of furan rings is 1. The van der Waals surface area contributed by atoms with E-state index in [-0.39, 0.29) is 0 Å². The zero-order valence-corrected chi connectivity index (χ0v) is 13.2. The third-order valence-corrected chi connectivity index (χ3v) is 4.32. The van der Waals surface area contributed by atoms with Crippen LogP contribution in [0.25, 0.3) is 0 Å². The highest BCUT2D eigenvalue weighted by Crippen LogP contribution is 2.26. The molecule has 4 heteroatoms. The molecule has 2 rings (SSSR count). The Morgan fingerprint density at radius 2 is 2.18 bits per heavy atom. The number of nitrogens with one attached hydrogen (secondary N) is 1. The molecule has 0 fully saturated rings. The lowest BCUT2D eigenvalue weighted by Crippen LogP contribution is -2.17. The van der Waals surface area contributed by atoms with E-state index in [1.807, 2.05) is 23.5 Å². The van der Waals surface area contributed by atoms with Crippen LogP contribution in [-0.2, 0) is 6.54 Å². The molecule has 0 amide bonds. The monoisotopic (exact) mass is 361 g/mol. The first kappa shape index (κ1) is 13.1. The second-order valence-electron chi connectivity index (χ2n) is 4.18. The molecular weight excluding hydrogens is 345 g/mol. The van der Waals surface area contributed by atoms with Gasteiger partial charge in [-0.05, 0) is 67.1 Å². The van der Waals surface area contributed by atoms with Gasteiger partial charge in [-0.3, -0.25) is 0 Å². The summed E-state index contributed by atoms with van der Waals surface area (Å²) in [6, 6.07) is 6.64. The van der Waals surface area contributed by atoms with Crippen LogP contribution >= 0.6 is 33.9 Å². The average molecular weight is 361 g/mol.